The molecule has 0 spiro atoms. The standard InChI is InChI=1S/C19H22ClNO5S/c1-13(2)18(21-27(23,24)16-9-6-8-15(20)11-16)19(22)26-12-14-7-4-5-10-17(14)25-3/h4-11,13,18,21H,12H2,1-3H3/t18-/m0/s1. The number of hydrogen-bond donors (Lipinski definition) is 1. The van der Waals surface area contributed by atoms with Gasteiger partial charge in [-0.1, -0.05) is 49.7 Å². The van der Waals surface area contributed by atoms with Gasteiger partial charge in [0.1, 0.15) is 18.4 Å². The van der Waals surface area contributed by atoms with Crippen molar-refractivity contribution in [1.29, 1.82) is 0 Å². The summed E-state index contributed by atoms with van der Waals surface area (Å²) in [5.74, 6) is -0.392. The average molecular weight is 412 g/mol. The molecule has 1 N–H and O–H groups in total. The highest BCUT2D eigenvalue weighted by Crippen LogP contribution is 2.20. The summed E-state index contributed by atoms with van der Waals surface area (Å²) in [5.41, 5.74) is 0.688. The van der Waals surface area contributed by atoms with E-state index >= 15 is 0 Å². The molecule has 0 bridgehead atoms. The van der Waals surface area contributed by atoms with Gasteiger partial charge in [-0.2, -0.15) is 4.72 Å². The molecule has 2 rings (SSSR count). The van der Waals surface area contributed by atoms with E-state index in [0.29, 0.717) is 11.3 Å². The summed E-state index contributed by atoms with van der Waals surface area (Å²) in [7, 11) is -2.40. The Morgan fingerprint density at radius 1 is 1.15 bits per heavy atom. The molecule has 0 radical (unpaired) electrons. The number of benzene rings is 2. The van der Waals surface area contributed by atoms with E-state index in [-0.39, 0.29) is 22.4 Å². The van der Waals surface area contributed by atoms with Gasteiger partial charge in [0.2, 0.25) is 10.0 Å². The number of hydrogen-bond acceptors (Lipinski definition) is 5. The molecule has 8 heteroatoms. The summed E-state index contributed by atoms with van der Waals surface area (Å²) < 4.78 is 38.1. The smallest absolute Gasteiger partial charge is 0.324 e. The van der Waals surface area contributed by atoms with Crippen molar-refractivity contribution in [3.63, 3.8) is 0 Å². The van der Waals surface area contributed by atoms with E-state index in [9.17, 15) is 13.2 Å². The quantitative estimate of drug-likeness (QED) is 0.673. The van der Waals surface area contributed by atoms with Crippen molar-refractivity contribution in [2.24, 2.45) is 5.92 Å². The van der Waals surface area contributed by atoms with Crippen molar-refractivity contribution in [2.75, 3.05) is 7.11 Å². The Hall–Kier alpha value is -2.09. The summed E-state index contributed by atoms with van der Waals surface area (Å²) in [6.45, 7) is 3.44. The van der Waals surface area contributed by atoms with Gasteiger partial charge in [0.15, 0.2) is 0 Å². The van der Waals surface area contributed by atoms with E-state index in [1.54, 1.807) is 44.2 Å². The molecule has 0 aliphatic carbocycles. The summed E-state index contributed by atoms with van der Waals surface area (Å²) in [6, 6.07) is 11.9. The maximum absolute atomic E-state index is 12.6. The van der Waals surface area contributed by atoms with Crippen LogP contribution in [0.25, 0.3) is 0 Å². The number of carbonyl (C=O) groups is 1. The second kappa shape index (κ2) is 9.21. The molecule has 1 atom stereocenters. The Labute approximate surface area is 164 Å². The van der Waals surface area contributed by atoms with E-state index in [1.807, 2.05) is 0 Å². The highest BCUT2D eigenvalue weighted by molar-refractivity contribution is 7.89. The summed E-state index contributed by atoms with van der Waals surface area (Å²) in [5, 5.41) is 0.290. The molecule has 6 nitrogen and oxygen atoms in total. The number of rotatable bonds is 8. The van der Waals surface area contributed by atoms with Gasteiger partial charge in [0.25, 0.3) is 0 Å². The molecular weight excluding hydrogens is 390 g/mol. The van der Waals surface area contributed by atoms with Gasteiger partial charge in [0, 0.05) is 10.6 Å². The minimum atomic E-state index is -3.93. The predicted octanol–water partition coefficient (Wildman–Crippen LogP) is 3.39. The molecule has 0 unspecified atom stereocenters. The SMILES string of the molecule is COc1ccccc1COC(=O)[C@@H](NS(=O)(=O)c1cccc(Cl)c1)C(C)C. The van der Waals surface area contributed by atoms with Crippen LogP contribution in [-0.4, -0.2) is 27.5 Å². The first kappa shape index (κ1) is 21.2. The number of halogens is 1. The Morgan fingerprint density at radius 2 is 1.85 bits per heavy atom. The third-order valence-electron chi connectivity index (χ3n) is 3.87. The zero-order valence-electron chi connectivity index (χ0n) is 15.3. The van der Waals surface area contributed by atoms with E-state index < -0.39 is 22.0 Å². The Bertz CT molecular complexity index is 898. The molecule has 0 fully saturated rings. The molecule has 0 aromatic heterocycles. The van der Waals surface area contributed by atoms with Crippen LogP contribution in [0.15, 0.2) is 53.4 Å². The zero-order valence-corrected chi connectivity index (χ0v) is 16.9. The highest BCUT2D eigenvalue weighted by atomic mass is 35.5. The molecular formula is C19H22ClNO5S. The van der Waals surface area contributed by atoms with Crippen LogP contribution in [-0.2, 0) is 26.2 Å². The topological polar surface area (TPSA) is 81.7 Å². The molecule has 0 heterocycles. The van der Waals surface area contributed by atoms with Crippen LogP contribution in [0.2, 0.25) is 5.02 Å². The Kier molecular flexibility index (Phi) is 7.24. The van der Waals surface area contributed by atoms with Crippen molar-refractivity contribution in [1.82, 2.24) is 4.72 Å². The van der Waals surface area contributed by atoms with Gasteiger partial charge in [0.05, 0.1) is 12.0 Å². The number of para-hydroxylation sites is 1. The minimum absolute atomic E-state index is 0.0156. The molecule has 0 aliphatic heterocycles. The normalized spacial score (nSPS) is 12.6. The number of esters is 1. The molecule has 0 amide bonds. The van der Waals surface area contributed by atoms with E-state index in [2.05, 4.69) is 4.72 Å². The van der Waals surface area contributed by atoms with Crippen molar-refractivity contribution >= 4 is 27.6 Å². The van der Waals surface area contributed by atoms with Gasteiger partial charge in [-0.05, 0) is 30.2 Å². The lowest BCUT2D eigenvalue weighted by atomic mass is 10.1. The molecule has 0 aliphatic rings. The number of carbonyl (C=O) groups excluding carboxylic acids is 1. The monoisotopic (exact) mass is 411 g/mol. The van der Waals surface area contributed by atoms with Crippen molar-refractivity contribution in [3.8, 4) is 5.75 Å². The number of sulfonamides is 1. The number of nitrogens with one attached hydrogen (secondary N) is 1. The third-order valence-corrected chi connectivity index (χ3v) is 5.55. The first-order chi connectivity index (χ1) is 12.7. The maximum atomic E-state index is 12.6. The van der Waals surface area contributed by atoms with Gasteiger partial charge < -0.3 is 9.47 Å². The Morgan fingerprint density at radius 3 is 2.48 bits per heavy atom. The second-order valence-corrected chi connectivity index (χ2v) is 8.37. The second-order valence-electron chi connectivity index (χ2n) is 6.22. The molecule has 2 aromatic carbocycles. The largest absolute Gasteiger partial charge is 0.496 e. The highest BCUT2D eigenvalue weighted by Gasteiger charge is 2.30. The van der Waals surface area contributed by atoms with Crippen molar-refractivity contribution < 1.29 is 22.7 Å². The van der Waals surface area contributed by atoms with E-state index in [4.69, 9.17) is 21.1 Å². The fraction of sp³-hybridized carbons (Fsp3) is 0.316. The Balaban J connectivity index is 2.13. The molecule has 0 saturated heterocycles. The first-order valence-electron chi connectivity index (χ1n) is 8.31. The van der Waals surface area contributed by atoms with Gasteiger partial charge in [-0.25, -0.2) is 8.42 Å². The summed E-state index contributed by atoms with van der Waals surface area (Å²) in [6.07, 6.45) is 0. The van der Waals surface area contributed by atoms with Gasteiger partial charge >= 0.3 is 5.97 Å². The third kappa shape index (κ3) is 5.69. The van der Waals surface area contributed by atoms with Crippen LogP contribution < -0.4 is 9.46 Å². The van der Waals surface area contributed by atoms with Crippen molar-refractivity contribution in [3.05, 3.63) is 59.1 Å². The molecule has 0 saturated carbocycles. The van der Waals surface area contributed by atoms with Crippen molar-refractivity contribution in [2.45, 2.75) is 31.4 Å². The lowest BCUT2D eigenvalue weighted by Crippen LogP contribution is -2.45. The van der Waals surface area contributed by atoms with Crippen LogP contribution in [0.1, 0.15) is 19.4 Å². The van der Waals surface area contributed by atoms with E-state index in [0.717, 1.165) is 0 Å². The molecule has 27 heavy (non-hydrogen) atoms. The fourth-order valence-electron chi connectivity index (χ4n) is 2.39. The van der Waals surface area contributed by atoms with E-state index in [1.165, 1.54) is 25.3 Å². The van der Waals surface area contributed by atoms with Crippen LogP contribution in [0.4, 0.5) is 0 Å². The predicted molar refractivity (Wildman–Crippen MR) is 103 cm³/mol. The maximum Gasteiger partial charge on any atom is 0.324 e. The first-order valence-corrected chi connectivity index (χ1v) is 10.2. The number of ether oxygens (including phenoxy) is 2. The summed E-state index contributed by atoms with van der Waals surface area (Å²) in [4.78, 5) is 12.5. The van der Waals surface area contributed by atoms with Crippen LogP contribution in [0.5, 0.6) is 5.75 Å². The lowest BCUT2D eigenvalue weighted by molar-refractivity contribution is -0.148. The average Bonchev–Trinajstić information content (AvgIpc) is 2.64. The zero-order chi connectivity index (χ0) is 20.0. The molecule has 2 aromatic rings. The fourth-order valence-corrected chi connectivity index (χ4v) is 4.02. The molecule has 146 valence electrons. The van der Waals surface area contributed by atoms with Crippen LogP contribution >= 0.6 is 11.6 Å². The summed E-state index contributed by atoms with van der Waals surface area (Å²) >= 11 is 5.86. The van der Waals surface area contributed by atoms with Gasteiger partial charge in [-0.15, -0.1) is 0 Å². The van der Waals surface area contributed by atoms with Crippen LogP contribution in [0.3, 0.4) is 0 Å². The number of methoxy groups -OCH3 is 1. The lowest BCUT2D eigenvalue weighted by Gasteiger charge is -2.21. The van der Waals surface area contributed by atoms with Gasteiger partial charge in [-0.3, -0.25) is 4.79 Å². The minimum Gasteiger partial charge on any atom is -0.496 e. The van der Waals surface area contributed by atoms with Crippen LogP contribution in [0, 0.1) is 5.92 Å².